The first-order chi connectivity index (χ1) is 9.37. The van der Waals surface area contributed by atoms with Crippen molar-refractivity contribution in [3.05, 3.63) is 22.7 Å². The van der Waals surface area contributed by atoms with Crippen molar-refractivity contribution in [2.24, 2.45) is 0 Å². The number of alkyl halides is 2. The van der Waals surface area contributed by atoms with Gasteiger partial charge < -0.3 is 20.7 Å². The number of anilines is 1. The average Bonchev–Trinajstić information content (AvgIpc) is 2.64. The van der Waals surface area contributed by atoms with E-state index in [1.807, 2.05) is 0 Å². The Labute approximate surface area is 128 Å². The van der Waals surface area contributed by atoms with Crippen LogP contribution in [0.25, 0.3) is 0 Å². The van der Waals surface area contributed by atoms with Gasteiger partial charge in [-0.15, -0.1) is 12.4 Å². The van der Waals surface area contributed by atoms with E-state index in [4.69, 9.17) is 20.2 Å². The normalized spacial score (nSPS) is 26.5. The Morgan fingerprint density at radius 2 is 2.10 bits per heavy atom. The molecule has 1 aliphatic rings. The summed E-state index contributed by atoms with van der Waals surface area (Å²) in [5.41, 5.74) is 4.21. The number of nitrogen functional groups attached to an aromatic ring is 1. The Morgan fingerprint density at radius 1 is 1.52 bits per heavy atom. The lowest BCUT2D eigenvalue weighted by atomic mass is 10.1. The van der Waals surface area contributed by atoms with Gasteiger partial charge in [-0.05, 0) is 6.07 Å². The molecule has 1 saturated heterocycles. The molecule has 0 aromatic carbocycles. The van der Waals surface area contributed by atoms with E-state index >= 15 is 0 Å². The van der Waals surface area contributed by atoms with Gasteiger partial charge >= 0.3 is 11.6 Å². The van der Waals surface area contributed by atoms with Crippen LogP contribution in [-0.4, -0.2) is 49.2 Å². The Bertz CT molecular complexity index is 518. The lowest BCUT2D eigenvalue weighted by molar-refractivity contribution is -0.140. The van der Waals surface area contributed by atoms with Crippen molar-refractivity contribution >= 4 is 30.1 Å². The number of halogens is 4. The van der Waals surface area contributed by atoms with E-state index in [0.717, 1.165) is 12.3 Å². The minimum Gasteiger partial charge on any atom is -0.394 e. The highest BCUT2D eigenvalue weighted by Gasteiger charge is 2.59. The molecule has 0 unspecified atom stereocenters. The van der Waals surface area contributed by atoms with Crippen LogP contribution in [0, 0.1) is 0 Å². The van der Waals surface area contributed by atoms with Crippen LogP contribution in [-0.2, 0) is 4.74 Å². The largest absolute Gasteiger partial charge is 0.394 e. The van der Waals surface area contributed by atoms with Gasteiger partial charge in [0.1, 0.15) is 11.9 Å². The van der Waals surface area contributed by atoms with Crippen LogP contribution in [0.15, 0.2) is 17.1 Å². The number of ether oxygens (including phenoxy) is 1. The van der Waals surface area contributed by atoms with E-state index in [1.54, 1.807) is 0 Å². The molecule has 1 aliphatic heterocycles. The summed E-state index contributed by atoms with van der Waals surface area (Å²) < 4.78 is 39.2. The maximum atomic E-state index is 13.7. The Morgan fingerprint density at radius 3 is 2.52 bits per heavy atom. The molecule has 1 fully saturated rings. The molecule has 12 heteroatoms. The van der Waals surface area contributed by atoms with Crippen molar-refractivity contribution < 1.29 is 28.4 Å². The molecule has 8 nitrogen and oxygen atoms in total. The topological polar surface area (TPSA) is 131 Å². The monoisotopic (exact) mass is 351 g/mol. The van der Waals surface area contributed by atoms with Crippen LogP contribution in [0.1, 0.15) is 6.23 Å². The second-order valence-electron chi connectivity index (χ2n) is 3.87. The van der Waals surface area contributed by atoms with E-state index in [-0.39, 0.29) is 18.2 Å². The summed E-state index contributed by atoms with van der Waals surface area (Å²) in [5, 5.41) is 18.1. The first-order valence-electron chi connectivity index (χ1n) is 5.21. The van der Waals surface area contributed by atoms with Crippen LogP contribution in [0.3, 0.4) is 0 Å². The van der Waals surface area contributed by atoms with Gasteiger partial charge in [0.15, 0.2) is 6.10 Å². The second-order valence-corrected chi connectivity index (χ2v) is 3.87. The number of aliphatic hydroxyl groups excluding tert-OH is 2. The van der Waals surface area contributed by atoms with E-state index in [2.05, 4.69) is 16.9 Å². The van der Waals surface area contributed by atoms with Gasteiger partial charge in [0.2, 0.25) is 6.23 Å². The Hall–Kier alpha value is -1.04. The van der Waals surface area contributed by atoms with Crippen LogP contribution in [0.5, 0.6) is 0 Å². The minimum absolute atomic E-state index is 0. The number of nitrogens with zero attached hydrogens (tertiary/aromatic N) is 2. The summed E-state index contributed by atoms with van der Waals surface area (Å²) in [7, 11) is 0. The molecule has 2 heterocycles. The molecular weight excluding hydrogens is 339 g/mol. The third-order valence-electron chi connectivity index (χ3n) is 2.66. The summed E-state index contributed by atoms with van der Waals surface area (Å²) in [6, 6.07) is 1.15. The zero-order valence-corrected chi connectivity index (χ0v) is 11.8. The lowest BCUT2D eigenvalue weighted by Crippen LogP contribution is -2.41. The zero-order valence-electron chi connectivity index (χ0n) is 10.3. The van der Waals surface area contributed by atoms with E-state index in [9.17, 15) is 18.7 Å². The van der Waals surface area contributed by atoms with Crippen LogP contribution < -0.4 is 11.4 Å². The minimum atomic E-state index is -3.71. The van der Waals surface area contributed by atoms with Crippen LogP contribution in [0.2, 0.25) is 0 Å². The van der Waals surface area contributed by atoms with Gasteiger partial charge in [0.25, 0.3) is 0 Å². The van der Waals surface area contributed by atoms with Gasteiger partial charge in [-0.2, -0.15) is 13.8 Å². The number of aliphatic hydroxyl groups is 2. The third-order valence-corrected chi connectivity index (χ3v) is 2.66. The Kier molecular flexibility index (Phi) is 7.44. The average molecular weight is 352 g/mol. The molecule has 0 spiro atoms. The zero-order chi connectivity index (χ0) is 15.5. The van der Waals surface area contributed by atoms with E-state index < -0.39 is 36.7 Å². The molecule has 0 radical (unpaired) electrons. The molecule has 122 valence electrons. The molecule has 0 saturated carbocycles. The number of aromatic nitrogens is 2. The highest BCUT2D eigenvalue weighted by atomic mass is 35.5. The molecule has 1 aromatic rings. The van der Waals surface area contributed by atoms with Crippen LogP contribution >= 0.6 is 24.3 Å². The van der Waals surface area contributed by atoms with Crippen molar-refractivity contribution in [1.82, 2.24) is 9.55 Å². The van der Waals surface area contributed by atoms with Gasteiger partial charge in [0.05, 0.1) is 18.5 Å². The summed E-state index contributed by atoms with van der Waals surface area (Å²) in [6.45, 7) is -0.787. The van der Waals surface area contributed by atoms with E-state index in [1.165, 1.54) is 0 Å². The molecule has 1 aromatic heterocycles. The summed E-state index contributed by atoms with van der Waals surface area (Å²) >= 11 is 3.64. The maximum Gasteiger partial charge on any atom is 0.351 e. The fourth-order valence-corrected chi connectivity index (χ4v) is 1.72. The van der Waals surface area contributed by atoms with E-state index in [0.29, 0.717) is 4.57 Å². The van der Waals surface area contributed by atoms with Crippen LogP contribution in [0.4, 0.5) is 14.6 Å². The van der Waals surface area contributed by atoms with Crippen molar-refractivity contribution in [2.75, 3.05) is 12.3 Å². The first-order valence-corrected chi connectivity index (χ1v) is 5.55. The predicted molar refractivity (Wildman–Crippen MR) is 70.2 cm³/mol. The predicted octanol–water partition coefficient (Wildman–Crippen LogP) is -0.734. The molecule has 2 rings (SSSR count). The molecule has 5 N–H and O–H groups in total. The summed E-state index contributed by atoms with van der Waals surface area (Å²) in [6.07, 6.45) is -4.69. The molecule has 3 atom stereocenters. The van der Waals surface area contributed by atoms with Gasteiger partial charge in [-0.3, -0.25) is 9.23 Å². The first kappa shape index (κ1) is 20.0. The van der Waals surface area contributed by atoms with Crippen molar-refractivity contribution in [2.45, 2.75) is 24.4 Å². The molecule has 0 aliphatic carbocycles. The number of hydrogen-bond acceptors (Lipinski definition) is 7. The van der Waals surface area contributed by atoms with Gasteiger partial charge in [-0.1, -0.05) is 0 Å². The molecule has 0 amide bonds. The number of nitrogens with two attached hydrogens (primary N) is 1. The fourth-order valence-electron chi connectivity index (χ4n) is 1.72. The highest BCUT2D eigenvalue weighted by molar-refractivity contribution is 6.04. The summed E-state index contributed by atoms with van der Waals surface area (Å²) in [5.74, 6) is -3.83. The van der Waals surface area contributed by atoms with Crippen molar-refractivity contribution in [1.29, 1.82) is 0 Å². The van der Waals surface area contributed by atoms with Gasteiger partial charge in [0, 0.05) is 6.20 Å². The maximum absolute atomic E-state index is 13.7. The SMILES string of the molecule is Cl.Nc1ccn([C@@H]2O[C@H](CO)[C@@H](O)C2(F)F)c(=O)n1.OCl. The highest BCUT2D eigenvalue weighted by Crippen LogP contribution is 2.41. The summed E-state index contributed by atoms with van der Waals surface area (Å²) in [4.78, 5) is 14.7. The van der Waals surface area contributed by atoms with Gasteiger partial charge in [-0.25, -0.2) is 4.79 Å². The number of hydrogen-bond donors (Lipinski definition) is 4. The van der Waals surface area contributed by atoms with Crippen molar-refractivity contribution in [3.63, 3.8) is 0 Å². The van der Waals surface area contributed by atoms with Crippen molar-refractivity contribution in [3.8, 4) is 0 Å². The quantitative estimate of drug-likeness (QED) is 0.552. The lowest BCUT2D eigenvalue weighted by Gasteiger charge is -2.20. The number of rotatable bonds is 2. The fraction of sp³-hybridized carbons (Fsp3) is 0.556. The molecule has 21 heavy (non-hydrogen) atoms. The Balaban J connectivity index is 0.00000128. The molecular formula is C9H13Cl2F2N3O5. The molecule has 0 bridgehead atoms. The second kappa shape index (κ2) is 7.82. The standard InChI is InChI=1S/C9H11F2N3O4.ClHO.ClH/c10-9(11)6(16)4(3-15)18-7(9)14-2-1-5(12)13-8(14)17;1-2;/h1-2,4,6-7,15-16H,3H2,(H2,12,13,17);2H;1H/t4-,6-,7-;;/m1../s1. The smallest absolute Gasteiger partial charge is 0.351 e. The third kappa shape index (κ3) is 3.78.